The first kappa shape index (κ1) is 27.9. The molecule has 0 N–H and O–H groups in total. The van der Waals surface area contributed by atoms with Gasteiger partial charge in [0.15, 0.2) is 5.69 Å². The van der Waals surface area contributed by atoms with E-state index >= 15 is 0 Å². The second-order valence-electron chi connectivity index (χ2n) is 9.80. The SMILES string of the molecule is COC(=O)[C@@H]1CN(c2cc(C(F)(F)F)nn2Cc2ccccc2)CCN1C(=O)C(c1ccccc1)c1ccccc1. The van der Waals surface area contributed by atoms with Gasteiger partial charge in [-0.05, 0) is 16.7 Å². The molecule has 0 aliphatic carbocycles. The molecule has 1 amide bonds. The van der Waals surface area contributed by atoms with Gasteiger partial charge >= 0.3 is 12.1 Å². The summed E-state index contributed by atoms with van der Waals surface area (Å²) in [5.74, 6) is -1.39. The molecule has 1 atom stereocenters. The van der Waals surface area contributed by atoms with E-state index in [0.29, 0.717) is 0 Å². The average molecular weight is 563 g/mol. The molecule has 1 aromatic heterocycles. The van der Waals surface area contributed by atoms with Gasteiger partial charge in [0.25, 0.3) is 0 Å². The standard InChI is InChI=1S/C31H29F3N4O3/c1-41-30(40)25-21-36(27-19-26(31(32,33)34)35-38(27)20-22-11-5-2-6-12-22)17-18-37(25)29(39)28(23-13-7-3-8-14-23)24-15-9-4-10-16-24/h2-16,19,25,28H,17-18,20-21H2,1H3/t25-/m0/s1. The summed E-state index contributed by atoms with van der Waals surface area (Å²) in [6.45, 7) is 0.366. The number of ether oxygens (including phenoxy) is 1. The monoisotopic (exact) mass is 562 g/mol. The van der Waals surface area contributed by atoms with Crippen LogP contribution in [0.5, 0.6) is 0 Å². The van der Waals surface area contributed by atoms with E-state index in [1.165, 1.54) is 16.7 Å². The summed E-state index contributed by atoms with van der Waals surface area (Å²) in [5.41, 5.74) is 1.29. The molecular weight excluding hydrogens is 533 g/mol. The van der Waals surface area contributed by atoms with Gasteiger partial charge in [-0.3, -0.25) is 4.79 Å². The Balaban J connectivity index is 1.48. The largest absolute Gasteiger partial charge is 0.467 e. The Morgan fingerprint density at radius 3 is 2.00 bits per heavy atom. The molecule has 0 unspecified atom stereocenters. The number of carbonyl (C=O) groups is 2. The summed E-state index contributed by atoms with van der Waals surface area (Å²) in [7, 11) is 1.23. The van der Waals surface area contributed by atoms with Crippen LogP contribution in [0.3, 0.4) is 0 Å². The van der Waals surface area contributed by atoms with Crippen LogP contribution in [0.25, 0.3) is 0 Å². The maximum absolute atomic E-state index is 14.2. The van der Waals surface area contributed by atoms with E-state index in [1.807, 2.05) is 66.7 Å². The Morgan fingerprint density at radius 1 is 0.902 bits per heavy atom. The van der Waals surface area contributed by atoms with Crippen molar-refractivity contribution in [2.45, 2.75) is 24.7 Å². The number of benzene rings is 3. The smallest absolute Gasteiger partial charge is 0.435 e. The van der Waals surface area contributed by atoms with Crippen molar-refractivity contribution in [3.05, 3.63) is 119 Å². The predicted molar refractivity (Wildman–Crippen MR) is 147 cm³/mol. The predicted octanol–water partition coefficient (Wildman–Crippen LogP) is 4.97. The molecule has 1 aliphatic rings. The zero-order chi connectivity index (χ0) is 29.0. The third-order valence-electron chi connectivity index (χ3n) is 7.20. The molecule has 4 aromatic rings. The van der Waals surface area contributed by atoms with Gasteiger partial charge in [0.1, 0.15) is 11.9 Å². The quantitative estimate of drug-likeness (QED) is 0.298. The fourth-order valence-corrected chi connectivity index (χ4v) is 5.20. The first-order valence-electron chi connectivity index (χ1n) is 13.2. The number of aromatic nitrogens is 2. The summed E-state index contributed by atoms with van der Waals surface area (Å²) in [6.07, 6.45) is -4.64. The van der Waals surface area contributed by atoms with E-state index in [4.69, 9.17) is 4.74 Å². The van der Waals surface area contributed by atoms with E-state index in [0.717, 1.165) is 22.8 Å². The summed E-state index contributed by atoms with van der Waals surface area (Å²) in [6, 6.07) is 27.5. The molecule has 212 valence electrons. The molecule has 0 radical (unpaired) electrons. The van der Waals surface area contributed by atoms with E-state index < -0.39 is 29.8 Å². The summed E-state index contributed by atoms with van der Waals surface area (Å²) in [5, 5.41) is 3.86. The second kappa shape index (κ2) is 11.9. The summed E-state index contributed by atoms with van der Waals surface area (Å²) in [4.78, 5) is 30.3. The highest BCUT2D eigenvalue weighted by atomic mass is 19.4. The number of methoxy groups -OCH3 is 1. The lowest BCUT2D eigenvalue weighted by molar-refractivity contribution is -0.153. The van der Waals surface area contributed by atoms with Gasteiger partial charge in [0.2, 0.25) is 5.91 Å². The van der Waals surface area contributed by atoms with Crippen molar-refractivity contribution in [3.63, 3.8) is 0 Å². The van der Waals surface area contributed by atoms with Gasteiger partial charge in [0.05, 0.1) is 26.1 Å². The highest BCUT2D eigenvalue weighted by Gasteiger charge is 2.41. The van der Waals surface area contributed by atoms with E-state index in [9.17, 15) is 22.8 Å². The molecule has 0 saturated carbocycles. The van der Waals surface area contributed by atoms with Gasteiger partial charge in [-0.1, -0.05) is 91.0 Å². The minimum absolute atomic E-state index is 0.0491. The Kier molecular flexibility index (Phi) is 8.09. The Morgan fingerprint density at radius 2 is 1.46 bits per heavy atom. The zero-order valence-electron chi connectivity index (χ0n) is 22.4. The summed E-state index contributed by atoms with van der Waals surface area (Å²) >= 11 is 0. The topological polar surface area (TPSA) is 67.7 Å². The van der Waals surface area contributed by atoms with Gasteiger partial charge in [-0.15, -0.1) is 0 Å². The first-order valence-corrected chi connectivity index (χ1v) is 13.2. The van der Waals surface area contributed by atoms with Crippen LogP contribution in [-0.2, 0) is 27.0 Å². The molecule has 1 aliphatic heterocycles. The number of halogens is 3. The van der Waals surface area contributed by atoms with E-state index in [1.54, 1.807) is 29.2 Å². The lowest BCUT2D eigenvalue weighted by Crippen LogP contribution is -2.60. The van der Waals surface area contributed by atoms with Gasteiger partial charge in [-0.2, -0.15) is 18.3 Å². The lowest BCUT2D eigenvalue weighted by atomic mass is 9.89. The molecule has 0 spiro atoms. The summed E-state index contributed by atoms with van der Waals surface area (Å²) < 4.78 is 47.5. The molecule has 41 heavy (non-hydrogen) atoms. The van der Waals surface area contributed by atoms with Gasteiger partial charge < -0.3 is 14.5 Å². The number of hydrogen-bond donors (Lipinski definition) is 0. The second-order valence-corrected chi connectivity index (χ2v) is 9.80. The zero-order valence-corrected chi connectivity index (χ0v) is 22.4. The average Bonchev–Trinajstić information content (AvgIpc) is 3.42. The van der Waals surface area contributed by atoms with Crippen molar-refractivity contribution < 1.29 is 27.5 Å². The fourth-order valence-electron chi connectivity index (χ4n) is 5.20. The van der Waals surface area contributed by atoms with Crippen LogP contribution < -0.4 is 4.90 Å². The Bertz CT molecular complexity index is 1440. The van der Waals surface area contributed by atoms with Crippen LogP contribution in [0, 0.1) is 0 Å². The van der Waals surface area contributed by atoms with Gasteiger partial charge in [0, 0.05) is 19.2 Å². The molecule has 3 aromatic carbocycles. The lowest BCUT2D eigenvalue weighted by Gasteiger charge is -2.42. The van der Waals surface area contributed by atoms with Crippen LogP contribution in [0.15, 0.2) is 97.1 Å². The van der Waals surface area contributed by atoms with Crippen LogP contribution in [0.1, 0.15) is 28.3 Å². The maximum atomic E-state index is 14.2. The number of esters is 1. The van der Waals surface area contributed by atoms with Crippen molar-refractivity contribution in [1.82, 2.24) is 14.7 Å². The number of alkyl halides is 3. The minimum Gasteiger partial charge on any atom is -0.467 e. The molecule has 7 nitrogen and oxygen atoms in total. The highest BCUT2D eigenvalue weighted by molar-refractivity contribution is 5.91. The van der Waals surface area contributed by atoms with Crippen molar-refractivity contribution in [3.8, 4) is 0 Å². The van der Waals surface area contributed by atoms with E-state index in [-0.39, 0.29) is 37.9 Å². The van der Waals surface area contributed by atoms with Gasteiger partial charge in [-0.25, -0.2) is 9.48 Å². The highest BCUT2D eigenvalue weighted by Crippen LogP contribution is 2.34. The molecule has 1 fully saturated rings. The number of rotatable bonds is 7. The molecular formula is C31H29F3N4O3. The molecule has 2 heterocycles. The van der Waals surface area contributed by atoms with Crippen LogP contribution in [0.2, 0.25) is 0 Å². The van der Waals surface area contributed by atoms with Crippen LogP contribution in [0.4, 0.5) is 19.0 Å². The normalized spacial score (nSPS) is 15.7. The fraction of sp³-hybridized carbons (Fsp3) is 0.258. The third-order valence-corrected chi connectivity index (χ3v) is 7.20. The van der Waals surface area contributed by atoms with Crippen molar-refractivity contribution in [2.75, 3.05) is 31.6 Å². The minimum atomic E-state index is -4.64. The molecule has 1 saturated heterocycles. The van der Waals surface area contributed by atoms with Crippen molar-refractivity contribution >= 4 is 17.7 Å². The number of carbonyl (C=O) groups excluding carboxylic acids is 2. The van der Waals surface area contributed by atoms with Crippen molar-refractivity contribution in [2.24, 2.45) is 0 Å². The number of nitrogens with zero attached hydrogens (tertiary/aromatic N) is 4. The van der Waals surface area contributed by atoms with Crippen LogP contribution >= 0.6 is 0 Å². The van der Waals surface area contributed by atoms with Crippen molar-refractivity contribution in [1.29, 1.82) is 0 Å². The third kappa shape index (κ3) is 6.11. The maximum Gasteiger partial charge on any atom is 0.435 e. The number of piperazine rings is 1. The van der Waals surface area contributed by atoms with E-state index in [2.05, 4.69) is 5.10 Å². The Hall–Kier alpha value is -4.60. The first-order chi connectivity index (χ1) is 19.8. The molecule has 5 rings (SSSR count). The number of hydrogen-bond acceptors (Lipinski definition) is 5. The molecule has 10 heteroatoms. The number of anilines is 1. The number of amides is 1. The molecule has 0 bridgehead atoms. The Labute approximate surface area is 235 Å². The van der Waals surface area contributed by atoms with Crippen LogP contribution in [-0.4, -0.2) is 59.3 Å².